The molecular formula is C11H14O4S. The molecular weight excluding hydrogens is 228 g/mol. The van der Waals surface area contributed by atoms with Crippen LogP contribution in [0.15, 0.2) is 29.2 Å². The lowest BCUT2D eigenvalue weighted by molar-refractivity contribution is -0.136. The molecule has 0 saturated heterocycles. The summed E-state index contributed by atoms with van der Waals surface area (Å²) in [6.07, 6.45) is 0.474. The summed E-state index contributed by atoms with van der Waals surface area (Å²) in [6.45, 7) is 1.59. The van der Waals surface area contributed by atoms with E-state index in [0.29, 0.717) is 6.42 Å². The number of carbonyl (C=O) groups is 1. The highest BCUT2D eigenvalue weighted by molar-refractivity contribution is 7.91. The Morgan fingerprint density at radius 1 is 1.25 bits per heavy atom. The maximum Gasteiger partial charge on any atom is 0.303 e. The molecule has 0 fully saturated rings. The van der Waals surface area contributed by atoms with Gasteiger partial charge >= 0.3 is 5.97 Å². The molecule has 1 N–H and O–H groups in total. The molecule has 0 radical (unpaired) electrons. The van der Waals surface area contributed by atoms with E-state index >= 15 is 0 Å². The third-order valence-electron chi connectivity index (χ3n) is 2.29. The van der Waals surface area contributed by atoms with Gasteiger partial charge in [-0.05, 0) is 24.1 Å². The van der Waals surface area contributed by atoms with E-state index in [1.54, 1.807) is 19.1 Å². The van der Waals surface area contributed by atoms with Crippen molar-refractivity contribution in [2.45, 2.75) is 24.7 Å². The molecule has 0 spiro atoms. The van der Waals surface area contributed by atoms with E-state index in [2.05, 4.69) is 0 Å². The Bertz CT molecular complexity index is 459. The lowest BCUT2D eigenvalue weighted by Crippen LogP contribution is -2.03. The van der Waals surface area contributed by atoms with Gasteiger partial charge in [0.1, 0.15) is 0 Å². The van der Waals surface area contributed by atoms with Crippen LogP contribution in [0, 0.1) is 0 Å². The molecule has 1 rings (SSSR count). The van der Waals surface area contributed by atoms with E-state index in [-0.39, 0.29) is 17.1 Å². The van der Waals surface area contributed by atoms with Crippen molar-refractivity contribution in [1.82, 2.24) is 0 Å². The van der Waals surface area contributed by atoms with Gasteiger partial charge in [0.15, 0.2) is 9.84 Å². The Hall–Kier alpha value is -1.36. The first kappa shape index (κ1) is 12.7. The summed E-state index contributed by atoms with van der Waals surface area (Å²) in [6, 6.07) is 6.36. The van der Waals surface area contributed by atoms with Crippen molar-refractivity contribution in [3.63, 3.8) is 0 Å². The molecule has 0 aromatic heterocycles. The average molecular weight is 242 g/mol. The maximum atomic E-state index is 11.5. The molecule has 0 saturated carbocycles. The third kappa shape index (κ3) is 3.34. The van der Waals surface area contributed by atoms with Crippen LogP contribution in [0.2, 0.25) is 0 Å². The average Bonchev–Trinajstić information content (AvgIpc) is 2.27. The topological polar surface area (TPSA) is 71.4 Å². The molecule has 0 bridgehead atoms. The lowest BCUT2D eigenvalue weighted by atomic mass is 10.1. The number of aliphatic carboxylic acids is 1. The number of rotatable bonds is 5. The van der Waals surface area contributed by atoms with Crippen LogP contribution in [0.3, 0.4) is 0 Å². The fraction of sp³-hybridized carbons (Fsp3) is 0.364. The zero-order valence-electron chi connectivity index (χ0n) is 9.01. The molecule has 16 heavy (non-hydrogen) atoms. The highest BCUT2D eigenvalue weighted by Crippen LogP contribution is 2.13. The first-order valence-corrected chi connectivity index (χ1v) is 6.64. The summed E-state index contributed by atoms with van der Waals surface area (Å²) in [5, 5.41) is 8.50. The van der Waals surface area contributed by atoms with Crippen LogP contribution in [-0.2, 0) is 21.1 Å². The van der Waals surface area contributed by atoms with Crippen LogP contribution >= 0.6 is 0 Å². The fourth-order valence-electron chi connectivity index (χ4n) is 1.28. The molecule has 0 aliphatic carbocycles. The SMILES string of the molecule is CCS(=O)(=O)c1ccc(CCC(=O)O)cc1. The molecule has 0 heterocycles. The van der Waals surface area contributed by atoms with Gasteiger partial charge in [0.25, 0.3) is 0 Å². The zero-order valence-corrected chi connectivity index (χ0v) is 9.83. The Morgan fingerprint density at radius 3 is 2.25 bits per heavy atom. The van der Waals surface area contributed by atoms with Crippen molar-refractivity contribution in [2.24, 2.45) is 0 Å². The first-order chi connectivity index (χ1) is 7.45. The molecule has 0 aliphatic heterocycles. The van der Waals surface area contributed by atoms with Crippen LogP contribution in [0.4, 0.5) is 0 Å². The van der Waals surface area contributed by atoms with Crippen molar-refractivity contribution in [1.29, 1.82) is 0 Å². The lowest BCUT2D eigenvalue weighted by Gasteiger charge is -2.03. The summed E-state index contributed by atoms with van der Waals surface area (Å²) in [7, 11) is -3.16. The normalized spacial score (nSPS) is 11.3. The predicted molar refractivity (Wildman–Crippen MR) is 60.1 cm³/mol. The summed E-state index contributed by atoms with van der Waals surface area (Å²) < 4.78 is 23.0. The van der Waals surface area contributed by atoms with Gasteiger partial charge in [-0.15, -0.1) is 0 Å². The van der Waals surface area contributed by atoms with Gasteiger partial charge in [-0.25, -0.2) is 8.42 Å². The summed E-state index contributed by atoms with van der Waals surface area (Å²) in [4.78, 5) is 10.6. The van der Waals surface area contributed by atoms with Gasteiger partial charge < -0.3 is 5.11 Å². The number of carboxylic acid groups (broad SMARTS) is 1. The zero-order chi connectivity index (χ0) is 12.2. The van der Waals surface area contributed by atoms with Crippen LogP contribution in [0.25, 0.3) is 0 Å². The number of benzene rings is 1. The number of sulfone groups is 1. The quantitative estimate of drug-likeness (QED) is 0.849. The van der Waals surface area contributed by atoms with E-state index in [0.717, 1.165) is 5.56 Å². The van der Waals surface area contributed by atoms with Gasteiger partial charge in [-0.3, -0.25) is 4.79 Å². The Balaban J connectivity index is 2.80. The standard InChI is InChI=1S/C11H14O4S/c1-2-16(14,15)10-6-3-9(4-7-10)5-8-11(12)13/h3-4,6-7H,2,5,8H2,1H3,(H,12,13). The number of hydrogen-bond acceptors (Lipinski definition) is 3. The molecule has 4 nitrogen and oxygen atoms in total. The second-order valence-corrected chi connectivity index (χ2v) is 5.72. The van der Waals surface area contributed by atoms with Gasteiger partial charge in [0, 0.05) is 6.42 Å². The minimum absolute atomic E-state index is 0.0554. The Kier molecular flexibility index (Phi) is 4.06. The summed E-state index contributed by atoms with van der Waals surface area (Å²) >= 11 is 0. The van der Waals surface area contributed by atoms with Crippen LogP contribution < -0.4 is 0 Å². The monoisotopic (exact) mass is 242 g/mol. The molecule has 1 aromatic rings. The van der Waals surface area contributed by atoms with E-state index in [9.17, 15) is 13.2 Å². The highest BCUT2D eigenvalue weighted by Gasteiger charge is 2.10. The number of aryl methyl sites for hydroxylation is 1. The van der Waals surface area contributed by atoms with Gasteiger partial charge in [-0.1, -0.05) is 19.1 Å². The van der Waals surface area contributed by atoms with Gasteiger partial charge in [0.2, 0.25) is 0 Å². The van der Waals surface area contributed by atoms with E-state index in [4.69, 9.17) is 5.11 Å². The van der Waals surface area contributed by atoms with E-state index < -0.39 is 15.8 Å². The van der Waals surface area contributed by atoms with Gasteiger partial charge in [-0.2, -0.15) is 0 Å². The number of hydrogen-bond donors (Lipinski definition) is 1. The number of carboxylic acids is 1. The highest BCUT2D eigenvalue weighted by atomic mass is 32.2. The Labute approximate surface area is 94.8 Å². The van der Waals surface area contributed by atoms with Crippen molar-refractivity contribution in [2.75, 3.05) is 5.75 Å². The maximum absolute atomic E-state index is 11.5. The molecule has 0 aliphatic rings. The molecule has 0 atom stereocenters. The van der Waals surface area contributed by atoms with Crippen LogP contribution in [0.1, 0.15) is 18.9 Å². The predicted octanol–water partition coefficient (Wildman–Crippen LogP) is 1.50. The fourth-order valence-corrected chi connectivity index (χ4v) is 2.17. The summed E-state index contributed by atoms with van der Waals surface area (Å²) in [5.74, 6) is -0.785. The molecule has 0 amide bonds. The summed E-state index contributed by atoms with van der Waals surface area (Å²) in [5.41, 5.74) is 0.831. The van der Waals surface area contributed by atoms with Crippen LogP contribution in [-0.4, -0.2) is 25.2 Å². The Morgan fingerprint density at radius 2 is 1.81 bits per heavy atom. The van der Waals surface area contributed by atoms with Gasteiger partial charge in [0.05, 0.1) is 10.6 Å². The molecule has 5 heteroatoms. The van der Waals surface area contributed by atoms with Crippen molar-refractivity contribution >= 4 is 15.8 Å². The second-order valence-electron chi connectivity index (χ2n) is 3.44. The second kappa shape index (κ2) is 5.12. The first-order valence-electron chi connectivity index (χ1n) is 4.99. The molecule has 0 unspecified atom stereocenters. The minimum atomic E-state index is -3.16. The van der Waals surface area contributed by atoms with Crippen molar-refractivity contribution in [3.8, 4) is 0 Å². The minimum Gasteiger partial charge on any atom is -0.481 e. The third-order valence-corrected chi connectivity index (χ3v) is 4.04. The smallest absolute Gasteiger partial charge is 0.303 e. The van der Waals surface area contributed by atoms with Crippen molar-refractivity contribution < 1.29 is 18.3 Å². The molecule has 88 valence electrons. The van der Waals surface area contributed by atoms with Crippen LogP contribution in [0.5, 0.6) is 0 Å². The largest absolute Gasteiger partial charge is 0.481 e. The van der Waals surface area contributed by atoms with E-state index in [1.807, 2.05) is 0 Å². The molecule has 1 aromatic carbocycles. The van der Waals surface area contributed by atoms with E-state index in [1.165, 1.54) is 12.1 Å². The van der Waals surface area contributed by atoms with Crippen molar-refractivity contribution in [3.05, 3.63) is 29.8 Å².